The predicted molar refractivity (Wildman–Crippen MR) is 93.4 cm³/mol. The van der Waals surface area contributed by atoms with E-state index in [1.54, 1.807) is 24.3 Å². The highest BCUT2D eigenvalue weighted by atomic mass is 16.3. The van der Waals surface area contributed by atoms with Crippen molar-refractivity contribution in [1.29, 1.82) is 5.26 Å². The fourth-order valence-corrected chi connectivity index (χ4v) is 2.47. The van der Waals surface area contributed by atoms with Crippen LogP contribution in [0.4, 0.5) is 0 Å². The minimum absolute atomic E-state index is 0.0923. The van der Waals surface area contributed by atoms with Gasteiger partial charge in [0, 0.05) is 31.2 Å². The number of carbonyl (C=O) groups is 1. The van der Waals surface area contributed by atoms with Crippen LogP contribution in [0.15, 0.2) is 45.2 Å². The summed E-state index contributed by atoms with van der Waals surface area (Å²) >= 11 is 0. The first-order valence-corrected chi connectivity index (χ1v) is 8.23. The van der Waals surface area contributed by atoms with Crippen LogP contribution in [-0.2, 0) is 11.3 Å². The van der Waals surface area contributed by atoms with E-state index in [4.69, 9.17) is 16.1 Å². The summed E-state index contributed by atoms with van der Waals surface area (Å²) in [6, 6.07) is 9.00. The molecule has 0 spiro atoms. The Morgan fingerprint density at radius 3 is 2.69 bits per heavy atom. The standard InChI is InChI=1S/C19H17N5O2/c1-2-3-9-19(23-24-19)10-8-17(25)21-12-16-13-26-18(22-16)15-6-4-14(11-20)5-7-15/h1,4-7,13H,3,8-10,12H2,(H,21,25). The summed E-state index contributed by atoms with van der Waals surface area (Å²) in [4.78, 5) is 16.3. The topological polar surface area (TPSA) is 104 Å². The second kappa shape index (κ2) is 7.62. The minimum Gasteiger partial charge on any atom is -0.444 e. The molecule has 7 nitrogen and oxygen atoms in total. The van der Waals surface area contributed by atoms with Gasteiger partial charge in [0.05, 0.1) is 23.9 Å². The highest BCUT2D eigenvalue weighted by Crippen LogP contribution is 2.37. The highest BCUT2D eigenvalue weighted by molar-refractivity contribution is 5.76. The van der Waals surface area contributed by atoms with Gasteiger partial charge in [-0.2, -0.15) is 15.5 Å². The molecule has 1 N–H and O–H groups in total. The number of hydrogen-bond acceptors (Lipinski definition) is 6. The van der Waals surface area contributed by atoms with Gasteiger partial charge >= 0.3 is 0 Å². The van der Waals surface area contributed by atoms with Gasteiger partial charge in [0.15, 0.2) is 5.66 Å². The van der Waals surface area contributed by atoms with Crippen molar-refractivity contribution in [3.05, 3.63) is 41.8 Å². The number of hydrogen-bond donors (Lipinski definition) is 1. The Morgan fingerprint density at radius 1 is 1.27 bits per heavy atom. The number of nitrogens with zero attached hydrogens (tertiary/aromatic N) is 4. The first-order chi connectivity index (χ1) is 12.6. The third kappa shape index (κ3) is 4.34. The van der Waals surface area contributed by atoms with E-state index in [1.807, 2.05) is 0 Å². The van der Waals surface area contributed by atoms with Crippen molar-refractivity contribution in [2.24, 2.45) is 10.2 Å². The number of terminal acetylenes is 1. The smallest absolute Gasteiger partial charge is 0.226 e. The Bertz CT molecular complexity index is 893. The number of nitriles is 1. The van der Waals surface area contributed by atoms with Crippen LogP contribution in [0.25, 0.3) is 11.5 Å². The van der Waals surface area contributed by atoms with Crippen molar-refractivity contribution in [2.45, 2.75) is 37.9 Å². The van der Waals surface area contributed by atoms with Crippen molar-refractivity contribution in [3.8, 4) is 29.9 Å². The van der Waals surface area contributed by atoms with Gasteiger partial charge in [-0.3, -0.25) is 4.79 Å². The van der Waals surface area contributed by atoms with Crippen LogP contribution < -0.4 is 5.32 Å². The SMILES string of the molecule is C#CCCC1(CCC(=O)NCc2coc(-c3ccc(C#N)cc3)n2)N=N1. The molecule has 26 heavy (non-hydrogen) atoms. The lowest BCUT2D eigenvalue weighted by atomic mass is 10.0. The molecular weight excluding hydrogens is 330 g/mol. The molecule has 0 unspecified atom stereocenters. The van der Waals surface area contributed by atoms with E-state index in [1.165, 1.54) is 6.26 Å². The zero-order chi connectivity index (χ0) is 18.4. The normalized spacial score (nSPS) is 13.6. The maximum Gasteiger partial charge on any atom is 0.226 e. The second-order valence-electron chi connectivity index (χ2n) is 6.00. The van der Waals surface area contributed by atoms with Gasteiger partial charge in [-0.15, -0.1) is 12.3 Å². The van der Waals surface area contributed by atoms with E-state index in [9.17, 15) is 4.79 Å². The van der Waals surface area contributed by atoms with E-state index in [-0.39, 0.29) is 12.5 Å². The van der Waals surface area contributed by atoms with Crippen molar-refractivity contribution in [3.63, 3.8) is 0 Å². The molecule has 0 aliphatic carbocycles. The Labute approximate surface area is 151 Å². The van der Waals surface area contributed by atoms with E-state index in [2.05, 4.69) is 32.5 Å². The summed E-state index contributed by atoms with van der Waals surface area (Å²) in [5.74, 6) is 2.92. The molecule has 0 bridgehead atoms. The Hall–Kier alpha value is -3.45. The zero-order valence-corrected chi connectivity index (χ0v) is 14.1. The molecule has 1 aromatic heterocycles. The van der Waals surface area contributed by atoms with Crippen molar-refractivity contribution in [2.75, 3.05) is 0 Å². The zero-order valence-electron chi connectivity index (χ0n) is 14.1. The molecule has 0 saturated heterocycles. The van der Waals surface area contributed by atoms with E-state index in [0.29, 0.717) is 42.8 Å². The Balaban J connectivity index is 1.46. The number of carbonyl (C=O) groups excluding carboxylic acids is 1. The molecule has 0 fully saturated rings. The molecule has 0 radical (unpaired) electrons. The number of nitrogens with one attached hydrogen (secondary N) is 1. The maximum atomic E-state index is 12.0. The van der Waals surface area contributed by atoms with Crippen LogP contribution in [-0.4, -0.2) is 16.6 Å². The molecule has 130 valence electrons. The maximum absolute atomic E-state index is 12.0. The molecule has 7 heteroatoms. The third-order valence-electron chi connectivity index (χ3n) is 4.08. The average molecular weight is 347 g/mol. The van der Waals surface area contributed by atoms with Crippen LogP contribution in [0.1, 0.15) is 36.9 Å². The lowest BCUT2D eigenvalue weighted by molar-refractivity contribution is -0.121. The van der Waals surface area contributed by atoms with Crippen molar-refractivity contribution >= 4 is 5.91 Å². The molecule has 0 atom stereocenters. The fraction of sp³-hybridized carbons (Fsp3) is 0.316. The molecule has 2 aromatic rings. The van der Waals surface area contributed by atoms with Gasteiger partial charge in [-0.05, 0) is 24.3 Å². The first-order valence-electron chi connectivity index (χ1n) is 8.23. The molecule has 1 aliphatic heterocycles. The number of rotatable bonds is 8. The fourth-order valence-electron chi connectivity index (χ4n) is 2.47. The van der Waals surface area contributed by atoms with E-state index in [0.717, 1.165) is 5.56 Å². The molecule has 1 aromatic carbocycles. The molecule has 0 saturated carbocycles. The Kier molecular flexibility index (Phi) is 5.09. The van der Waals surface area contributed by atoms with Crippen LogP contribution in [0.2, 0.25) is 0 Å². The summed E-state index contributed by atoms with van der Waals surface area (Å²) in [5, 5.41) is 19.7. The monoisotopic (exact) mass is 347 g/mol. The first kappa shape index (κ1) is 17.4. The van der Waals surface area contributed by atoms with Crippen LogP contribution >= 0.6 is 0 Å². The van der Waals surface area contributed by atoms with Crippen LogP contribution in [0, 0.1) is 23.7 Å². The summed E-state index contributed by atoms with van der Waals surface area (Å²) in [5.41, 5.74) is 1.52. The summed E-state index contributed by atoms with van der Waals surface area (Å²) in [6.07, 6.45) is 8.94. The third-order valence-corrected chi connectivity index (χ3v) is 4.08. The van der Waals surface area contributed by atoms with Gasteiger partial charge in [-0.1, -0.05) is 0 Å². The van der Waals surface area contributed by atoms with Gasteiger partial charge in [0.1, 0.15) is 6.26 Å². The van der Waals surface area contributed by atoms with Gasteiger partial charge in [-0.25, -0.2) is 4.98 Å². The molecule has 1 amide bonds. The average Bonchev–Trinajstić information content (AvgIpc) is 3.29. The van der Waals surface area contributed by atoms with Crippen molar-refractivity contribution < 1.29 is 9.21 Å². The summed E-state index contributed by atoms with van der Waals surface area (Å²) in [7, 11) is 0. The van der Waals surface area contributed by atoms with E-state index < -0.39 is 5.66 Å². The minimum atomic E-state index is -0.444. The number of aromatic nitrogens is 1. The van der Waals surface area contributed by atoms with E-state index >= 15 is 0 Å². The highest BCUT2D eigenvalue weighted by Gasteiger charge is 2.39. The van der Waals surface area contributed by atoms with Gasteiger partial charge < -0.3 is 9.73 Å². The molecule has 2 heterocycles. The van der Waals surface area contributed by atoms with Gasteiger partial charge in [0.2, 0.25) is 11.8 Å². The molecular formula is C19H17N5O2. The lowest BCUT2D eigenvalue weighted by Gasteiger charge is -2.08. The van der Waals surface area contributed by atoms with Crippen LogP contribution in [0.5, 0.6) is 0 Å². The van der Waals surface area contributed by atoms with Crippen LogP contribution in [0.3, 0.4) is 0 Å². The number of amides is 1. The second-order valence-corrected chi connectivity index (χ2v) is 6.00. The quantitative estimate of drug-likeness (QED) is 0.740. The molecule has 1 aliphatic rings. The summed E-state index contributed by atoms with van der Waals surface area (Å²) in [6.45, 7) is 0.282. The molecule has 3 rings (SSSR count). The number of oxazole rings is 1. The summed E-state index contributed by atoms with van der Waals surface area (Å²) < 4.78 is 5.43. The largest absolute Gasteiger partial charge is 0.444 e. The van der Waals surface area contributed by atoms with Crippen molar-refractivity contribution in [1.82, 2.24) is 10.3 Å². The van der Waals surface area contributed by atoms with Gasteiger partial charge in [0.25, 0.3) is 0 Å². The Morgan fingerprint density at radius 2 is 2.04 bits per heavy atom. The number of benzene rings is 1. The lowest BCUT2D eigenvalue weighted by Crippen LogP contribution is -2.25. The predicted octanol–water partition coefficient (Wildman–Crippen LogP) is 3.19.